The van der Waals surface area contributed by atoms with Crippen LogP contribution in [0.3, 0.4) is 0 Å². The number of nitrogens with zero attached hydrogens (tertiary/aromatic N) is 3. The first kappa shape index (κ1) is 13.7. The Kier molecular flexibility index (Phi) is 4.65. The number of ether oxygens (including phenoxy) is 1. The number of methoxy groups -OCH3 is 1. The first-order chi connectivity index (χ1) is 9.26. The van der Waals surface area contributed by atoms with Gasteiger partial charge in [0.05, 0.1) is 6.61 Å². The van der Waals surface area contributed by atoms with Gasteiger partial charge in [0.15, 0.2) is 5.82 Å². The van der Waals surface area contributed by atoms with Gasteiger partial charge >= 0.3 is 0 Å². The van der Waals surface area contributed by atoms with E-state index in [1.165, 1.54) is 11.1 Å². The smallest absolute Gasteiger partial charge is 0.158 e. The summed E-state index contributed by atoms with van der Waals surface area (Å²) in [6.07, 6.45) is 0.712. The van der Waals surface area contributed by atoms with Crippen molar-refractivity contribution in [3.05, 3.63) is 47.0 Å². The third-order valence-electron chi connectivity index (χ3n) is 3.17. The van der Waals surface area contributed by atoms with E-state index in [-0.39, 0.29) is 6.61 Å². The maximum Gasteiger partial charge on any atom is 0.158 e. The van der Waals surface area contributed by atoms with E-state index in [1.54, 1.807) is 7.11 Å². The van der Waals surface area contributed by atoms with E-state index >= 15 is 0 Å². The number of aromatic nitrogens is 3. The largest absolute Gasteiger partial charge is 0.388 e. The molecule has 1 aromatic carbocycles. The topological polar surface area (TPSA) is 60.2 Å². The van der Waals surface area contributed by atoms with Crippen LogP contribution in [0, 0.1) is 6.92 Å². The summed E-state index contributed by atoms with van der Waals surface area (Å²) in [5, 5.41) is 17.5. The van der Waals surface area contributed by atoms with Gasteiger partial charge in [0, 0.05) is 20.1 Å². The van der Waals surface area contributed by atoms with Crippen LogP contribution in [0.4, 0.5) is 0 Å². The summed E-state index contributed by atoms with van der Waals surface area (Å²) >= 11 is 0. The van der Waals surface area contributed by atoms with Gasteiger partial charge in [0.1, 0.15) is 12.4 Å². The fourth-order valence-electron chi connectivity index (χ4n) is 2.04. The number of aliphatic hydroxyl groups excluding tert-OH is 1. The minimum Gasteiger partial charge on any atom is -0.388 e. The van der Waals surface area contributed by atoms with Gasteiger partial charge in [-0.3, -0.25) is 0 Å². The van der Waals surface area contributed by atoms with E-state index in [9.17, 15) is 5.11 Å². The van der Waals surface area contributed by atoms with E-state index in [4.69, 9.17) is 4.74 Å². The zero-order valence-electron chi connectivity index (χ0n) is 11.3. The molecule has 1 heterocycles. The highest BCUT2D eigenvalue weighted by Gasteiger charge is 2.12. The molecule has 0 spiro atoms. The summed E-state index contributed by atoms with van der Waals surface area (Å²) in [5.74, 6) is 1.44. The molecule has 0 aliphatic heterocycles. The molecule has 0 atom stereocenters. The molecule has 0 aliphatic rings. The Morgan fingerprint density at radius 1 is 1.21 bits per heavy atom. The van der Waals surface area contributed by atoms with Crippen molar-refractivity contribution in [3.8, 4) is 0 Å². The minimum atomic E-state index is -0.107. The van der Waals surface area contributed by atoms with Crippen LogP contribution in [0.25, 0.3) is 0 Å². The summed E-state index contributed by atoms with van der Waals surface area (Å²) in [7, 11) is 1.66. The molecule has 1 N–H and O–H groups in total. The van der Waals surface area contributed by atoms with E-state index < -0.39 is 0 Å². The third-order valence-corrected chi connectivity index (χ3v) is 3.17. The second kappa shape index (κ2) is 6.45. The van der Waals surface area contributed by atoms with Crippen molar-refractivity contribution < 1.29 is 9.84 Å². The monoisotopic (exact) mass is 261 g/mol. The number of aryl methyl sites for hydroxylation is 1. The van der Waals surface area contributed by atoms with Crippen molar-refractivity contribution in [2.75, 3.05) is 13.7 Å². The first-order valence-corrected chi connectivity index (χ1v) is 6.31. The van der Waals surface area contributed by atoms with Gasteiger partial charge in [-0.25, -0.2) is 0 Å². The van der Waals surface area contributed by atoms with Crippen molar-refractivity contribution in [1.29, 1.82) is 0 Å². The lowest BCUT2D eigenvalue weighted by atomic mass is 10.1. The maximum atomic E-state index is 9.29. The van der Waals surface area contributed by atoms with Crippen molar-refractivity contribution in [1.82, 2.24) is 14.8 Å². The minimum absolute atomic E-state index is 0.107. The normalized spacial score (nSPS) is 10.9. The first-order valence-electron chi connectivity index (χ1n) is 6.31. The van der Waals surface area contributed by atoms with Crippen LogP contribution in [-0.4, -0.2) is 33.6 Å². The zero-order valence-corrected chi connectivity index (χ0v) is 11.3. The highest BCUT2D eigenvalue weighted by atomic mass is 16.5. The lowest BCUT2D eigenvalue weighted by Gasteiger charge is -2.10. The average Bonchev–Trinajstić information content (AvgIpc) is 2.81. The number of benzene rings is 1. The quantitative estimate of drug-likeness (QED) is 0.852. The van der Waals surface area contributed by atoms with E-state index in [1.807, 2.05) is 16.7 Å². The van der Waals surface area contributed by atoms with Gasteiger partial charge in [0.2, 0.25) is 0 Å². The molecule has 0 fully saturated rings. The highest BCUT2D eigenvalue weighted by Crippen LogP contribution is 2.13. The Hall–Kier alpha value is -1.72. The van der Waals surface area contributed by atoms with E-state index in [0.717, 1.165) is 5.82 Å². The molecule has 0 saturated carbocycles. The van der Waals surface area contributed by atoms with E-state index in [0.29, 0.717) is 25.4 Å². The van der Waals surface area contributed by atoms with Crippen LogP contribution in [0.15, 0.2) is 24.3 Å². The van der Waals surface area contributed by atoms with Gasteiger partial charge < -0.3 is 14.4 Å². The Balaban J connectivity index is 2.24. The lowest BCUT2D eigenvalue weighted by Crippen LogP contribution is -2.12. The molecule has 19 heavy (non-hydrogen) atoms. The fourth-order valence-corrected chi connectivity index (χ4v) is 2.04. The van der Waals surface area contributed by atoms with Gasteiger partial charge in [0.25, 0.3) is 0 Å². The molecule has 1 aromatic heterocycles. The fraction of sp³-hybridized carbons (Fsp3) is 0.429. The molecule has 102 valence electrons. The summed E-state index contributed by atoms with van der Waals surface area (Å²) in [6.45, 7) is 3.20. The van der Waals surface area contributed by atoms with Gasteiger partial charge in [-0.2, -0.15) is 0 Å². The molecule has 0 saturated heterocycles. The zero-order chi connectivity index (χ0) is 13.7. The van der Waals surface area contributed by atoms with Crippen LogP contribution in [0.2, 0.25) is 0 Å². The predicted octanol–water partition coefficient (Wildman–Crippen LogP) is 1.32. The molecular formula is C14H19N3O2. The molecular weight excluding hydrogens is 242 g/mol. The van der Waals surface area contributed by atoms with Gasteiger partial charge in [-0.1, -0.05) is 24.3 Å². The van der Waals surface area contributed by atoms with Crippen molar-refractivity contribution in [2.24, 2.45) is 0 Å². The molecule has 2 aromatic rings. The molecule has 0 bridgehead atoms. The molecule has 5 heteroatoms. The molecule has 0 unspecified atom stereocenters. The predicted molar refractivity (Wildman–Crippen MR) is 71.8 cm³/mol. The maximum absolute atomic E-state index is 9.29. The molecule has 5 nitrogen and oxygen atoms in total. The lowest BCUT2D eigenvalue weighted by molar-refractivity contribution is 0.181. The molecule has 0 amide bonds. The summed E-state index contributed by atoms with van der Waals surface area (Å²) in [5.41, 5.74) is 2.45. The standard InChI is InChI=1S/C14H19N3O2/c1-11-5-3-4-6-12(11)9-13-15-16-14(10-18)17(13)7-8-19-2/h3-6,18H,7-10H2,1-2H3. The highest BCUT2D eigenvalue weighted by molar-refractivity contribution is 5.28. The second-order valence-electron chi connectivity index (χ2n) is 4.44. The van der Waals surface area contributed by atoms with Crippen LogP contribution in [0.1, 0.15) is 22.8 Å². The Morgan fingerprint density at radius 3 is 2.63 bits per heavy atom. The number of hydrogen-bond donors (Lipinski definition) is 1. The van der Waals surface area contributed by atoms with Crippen LogP contribution < -0.4 is 0 Å². The summed E-state index contributed by atoms with van der Waals surface area (Å²) < 4.78 is 7.01. The number of hydrogen-bond acceptors (Lipinski definition) is 4. The average molecular weight is 261 g/mol. The van der Waals surface area contributed by atoms with Crippen LogP contribution in [-0.2, 0) is 24.3 Å². The summed E-state index contributed by atoms with van der Waals surface area (Å²) in [4.78, 5) is 0. The van der Waals surface area contributed by atoms with Crippen LogP contribution in [0.5, 0.6) is 0 Å². The summed E-state index contributed by atoms with van der Waals surface area (Å²) in [6, 6.07) is 8.21. The molecule has 0 radical (unpaired) electrons. The molecule has 2 rings (SSSR count). The third kappa shape index (κ3) is 3.19. The van der Waals surface area contributed by atoms with Crippen molar-refractivity contribution >= 4 is 0 Å². The van der Waals surface area contributed by atoms with Crippen molar-refractivity contribution in [2.45, 2.75) is 26.5 Å². The number of aliphatic hydroxyl groups is 1. The van der Waals surface area contributed by atoms with Crippen molar-refractivity contribution in [3.63, 3.8) is 0 Å². The van der Waals surface area contributed by atoms with E-state index in [2.05, 4.69) is 29.3 Å². The SMILES string of the molecule is COCCn1c(CO)nnc1Cc1ccccc1C. The second-order valence-corrected chi connectivity index (χ2v) is 4.44. The number of rotatable bonds is 6. The Labute approximate surface area is 112 Å². The van der Waals surface area contributed by atoms with Gasteiger partial charge in [-0.15, -0.1) is 10.2 Å². The molecule has 0 aliphatic carbocycles. The Bertz CT molecular complexity index is 537. The Morgan fingerprint density at radius 2 is 1.95 bits per heavy atom. The van der Waals surface area contributed by atoms with Gasteiger partial charge in [-0.05, 0) is 18.1 Å². The van der Waals surface area contributed by atoms with Crippen LogP contribution >= 0.6 is 0 Å².